The Hall–Kier alpha value is -2.85. The van der Waals surface area contributed by atoms with Gasteiger partial charge in [0.1, 0.15) is 17.4 Å². The highest BCUT2D eigenvalue weighted by Gasteiger charge is 2.30. The van der Waals surface area contributed by atoms with E-state index in [9.17, 15) is 17.2 Å². The number of nitrogens with zero attached hydrogens (tertiary/aromatic N) is 2. The number of aryl methyl sites for hydroxylation is 1. The van der Waals surface area contributed by atoms with Crippen LogP contribution in [0.2, 0.25) is 0 Å². The van der Waals surface area contributed by atoms with Crippen LogP contribution < -0.4 is 4.74 Å². The lowest BCUT2D eigenvalue weighted by atomic mass is 10.1. The molecule has 0 N–H and O–H groups in total. The van der Waals surface area contributed by atoms with E-state index in [1.807, 2.05) is 55.5 Å². The first-order valence-electron chi connectivity index (χ1n) is 11.7. The second-order valence-electron chi connectivity index (χ2n) is 8.87. The van der Waals surface area contributed by atoms with Gasteiger partial charge in [-0.05, 0) is 42.3 Å². The van der Waals surface area contributed by atoms with E-state index in [0.717, 1.165) is 29.0 Å². The molecule has 3 aromatic carbocycles. The summed E-state index contributed by atoms with van der Waals surface area (Å²) in [6.07, 6.45) is -0.262. The maximum atomic E-state index is 13.6. The number of hydrogen-bond acceptors (Lipinski definition) is 5. The van der Waals surface area contributed by atoms with Crippen LogP contribution in [0.4, 0.5) is 8.78 Å². The molecule has 3 aromatic rings. The molecule has 9 heteroatoms. The largest absolute Gasteiger partial charge is 0.497 e. The summed E-state index contributed by atoms with van der Waals surface area (Å²) in [6, 6.07) is 18.2. The smallest absolute Gasteiger partial charge is 0.243 e. The minimum absolute atomic E-state index is 0.212. The molecular weight excluding hydrogens is 486 g/mol. The van der Waals surface area contributed by atoms with Crippen molar-refractivity contribution in [2.24, 2.45) is 0 Å². The van der Waals surface area contributed by atoms with Crippen LogP contribution >= 0.6 is 0 Å². The lowest BCUT2D eigenvalue weighted by Crippen LogP contribution is -2.49. The van der Waals surface area contributed by atoms with Crippen LogP contribution in [0.3, 0.4) is 0 Å². The third-order valence-electron chi connectivity index (χ3n) is 6.27. The van der Waals surface area contributed by atoms with E-state index in [1.54, 1.807) is 7.11 Å². The molecule has 1 saturated heterocycles. The van der Waals surface area contributed by atoms with Gasteiger partial charge in [0.25, 0.3) is 0 Å². The van der Waals surface area contributed by atoms with Crippen molar-refractivity contribution >= 4 is 10.0 Å². The second-order valence-corrected chi connectivity index (χ2v) is 10.8. The molecule has 0 bridgehead atoms. The molecule has 1 aliphatic rings. The van der Waals surface area contributed by atoms with Gasteiger partial charge < -0.3 is 9.47 Å². The average Bonchev–Trinajstić information content (AvgIpc) is 2.87. The fourth-order valence-electron chi connectivity index (χ4n) is 4.19. The summed E-state index contributed by atoms with van der Waals surface area (Å²) in [4.78, 5) is 1.77. The van der Waals surface area contributed by atoms with Crippen LogP contribution in [0.25, 0.3) is 0 Å². The van der Waals surface area contributed by atoms with E-state index in [2.05, 4.69) is 4.90 Å². The summed E-state index contributed by atoms with van der Waals surface area (Å²) in [5.41, 5.74) is 3.20. The molecule has 36 heavy (non-hydrogen) atoms. The van der Waals surface area contributed by atoms with Crippen LogP contribution in [-0.2, 0) is 21.4 Å². The molecule has 192 valence electrons. The van der Waals surface area contributed by atoms with Crippen molar-refractivity contribution in [3.63, 3.8) is 0 Å². The molecule has 0 aromatic heterocycles. The van der Waals surface area contributed by atoms with Crippen molar-refractivity contribution in [1.29, 1.82) is 0 Å². The zero-order valence-corrected chi connectivity index (χ0v) is 21.2. The van der Waals surface area contributed by atoms with Gasteiger partial charge in [0, 0.05) is 38.8 Å². The van der Waals surface area contributed by atoms with Crippen molar-refractivity contribution in [3.8, 4) is 5.75 Å². The fraction of sp³-hybridized carbons (Fsp3) is 0.333. The molecule has 1 fully saturated rings. The lowest BCUT2D eigenvalue weighted by molar-refractivity contribution is 0.00762. The van der Waals surface area contributed by atoms with Crippen molar-refractivity contribution < 1.29 is 26.7 Å². The molecule has 1 aliphatic heterocycles. The number of halogens is 2. The Balaban J connectivity index is 1.44. The summed E-state index contributed by atoms with van der Waals surface area (Å²) in [6.45, 7) is 4.38. The van der Waals surface area contributed by atoms with E-state index in [0.29, 0.717) is 32.3 Å². The summed E-state index contributed by atoms with van der Waals surface area (Å²) < 4.78 is 66.1. The van der Waals surface area contributed by atoms with E-state index in [1.165, 1.54) is 9.87 Å². The van der Waals surface area contributed by atoms with Gasteiger partial charge in [-0.2, -0.15) is 4.31 Å². The van der Waals surface area contributed by atoms with Gasteiger partial charge in [0.2, 0.25) is 10.0 Å². The van der Waals surface area contributed by atoms with E-state index < -0.39 is 21.7 Å². The minimum Gasteiger partial charge on any atom is -0.497 e. The first-order chi connectivity index (χ1) is 17.2. The zero-order chi connectivity index (χ0) is 25.7. The van der Waals surface area contributed by atoms with Gasteiger partial charge >= 0.3 is 0 Å². The molecule has 0 saturated carbocycles. The van der Waals surface area contributed by atoms with Crippen LogP contribution in [0.5, 0.6) is 5.75 Å². The molecule has 6 nitrogen and oxygen atoms in total. The predicted molar refractivity (Wildman–Crippen MR) is 133 cm³/mol. The highest BCUT2D eigenvalue weighted by atomic mass is 32.2. The summed E-state index contributed by atoms with van der Waals surface area (Å²) in [7, 11) is -2.37. The molecule has 0 amide bonds. The van der Waals surface area contributed by atoms with Crippen molar-refractivity contribution in [2.45, 2.75) is 24.5 Å². The number of piperazine rings is 1. The second kappa shape index (κ2) is 11.5. The van der Waals surface area contributed by atoms with Gasteiger partial charge in [-0.25, -0.2) is 17.2 Å². The first-order valence-corrected chi connectivity index (χ1v) is 13.2. The average molecular weight is 517 g/mol. The molecule has 1 atom stereocenters. The Labute approximate surface area is 211 Å². The van der Waals surface area contributed by atoms with Crippen LogP contribution in [0.1, 0.15) is 22.8 Å². The highest BCUT2D eigenvalue weighted by Crippen LogP contribution is 2.26. The van der Waals surface area contributed by atoms with Gasteiger partial charge in [-0.15, -0.1) is 0 Å². The Morgan fingerprint density at radius 1 is 0.917 bits per heavy atom. The topological polar surface area (TPSA) is 59.1 Å². The Bertz CT molecular complexity index is 1260. The predicted octanol–water partition coefficient (Wildman–Crippen LogP) is 4.55. The monoisotopic (exact) mass is 516 g/mol. The van der Waals surface area contributed by atoms with Gasteiger partial charge in [-0.1, -0.05) is 42.0 Å². The summed E-state index contributed by atoms with van der Waals surface area (Å²) in [5.74, 6) is -1.10. The number of sulfonamides is 1. The molecule has 4 rings (SSSR count). The van der Waals surface area contributed by atoms with Crippen molar-refractivity contribution in [3.05, 3.63) is 95.1 Å². The Morgan fingerprint density at radius 2 is 1.58 bits per heavy atom. The third-order valence-corrected chi connectivity index (χ3v) is 8.14. The van der Waals surface area contributed by atoms with Crippen LogP contribution in [-0.4, -0.2) is 57.5 Å². The number of methoxy groups -OCH3 is 1. The van der Waals surface area contributed by atoms with E-state index in [4.69, 9.17) is 9.47 Å². The third kappa shape index (κ3) is 6.47. The highest BCUT2D eigenvalue weighted by molar-refractivity contribution is 7.89. The van der Waals surface area contributed by atoms with E-state index in [-0.39, 0.29) is 24.1 Å². The molecule has 1 heterocycles. The zero-order valence-electron chi connectivity index (χ0n) is 20.4. The standard InChI is InChI=1S/C27H30F2N2O4S/c1-20-6-8-21(9-7-20)19-35-27(22-4-3-5-25(14-22)34-2)18-30-10-12-31(13-11-30)36(32,33)26-16-23(28)15-24(29)17-26/h3-9,14-17,27H,10-13,18-19H2,1-2H3. The molecular formula is C27H30F2N2O4S. The number of rotatable bonds is 9. The maximum absolute atomic E-state index is 13.6. The Kier molecular flexibility index (Phi) is 8.35. The number of hydrogen-bond donors (Lipinski definition) is 0. The van der Waals surface area contributed by atoms with Gasteiger partial charge in [0.05, 0.1) is 24.7 Å². The molecule has 0 radical (unpaired) electrons. The Morgan fingerprint density at radius 3 is 2.22 bits per heavy atom. The van der Waals surface area contributed by atoms with Gasteiger partial charge in [-0.3, -0.25) is 4.90 Å². The quantitative estimate of drug-likeness (QED) is 0.418. The number of ether oxygens (including phenoxy) is 2. The normalized spacial score (nSPS) is 16.1. The SMILES string of the molecule is COc1cccc(C(CN2CCN(S(=O)(=O)c3cc(F)cc(F)c3)CC2)OCc2ccc(C)cc2)c1. The minimum atomic E-state index is -3.99. The number of benzene rings is 3. The molecule has 1 unspecified atom stereocenters. The molecule has 0 spiro atoms. The van der Waals surface area contributed by atoms with Crippen LogP contribution in [0, 0.1) is 18.6 Å². The van der Waals surface area contributed by atoms with Gasteiger partial charge in [0.15, 0.2) is 0 Å². The van der Waals surface area contributed by atoms with E-state index >= 15 is 0 Å². The fourth-order valence-corrected chi connectivity index (χ4v) is 5.66. The van der Waals surface area contributed by atoms with Crippen LogP contribution in [0.15, 0.2) is 71.6 Å². The summed E-state index contributed by atoms with van der Waals surface area (Å²) >= 11 is 0. The summed E-state index contributed by atoms with van der Waals surface area (Å²) in [5, 5.41) is 0. The lowest BCUT2D eigenvalue weighted by Gasteiger charge is -2.36. The first kappa shape index (κ1) is 26.2. The van der Waals surface area contributed by atoms with Crippen molar-refractivity contribution in [2.75, 3.05) is 39.8 Å². The molecule has 0 aliphatic carbocycles. The van der Waals surface area contributed by atoms with Crippen molar-refractivity contribution in [1.82, 2.24) is 9.21 Å². The maximum Gasteiger partial charge on any atom is 0.243 e.